The van der Waals surface area contributed by atoms with E-state index in [0.717, 1.165) is 18.8 Å². The van der Waals surface area contributed by atoms with Crippen LogP contribution < -0.4 is 0 Å². The van der Waals surface area contributed by atoms with Crippen molar-refractivity contribution < 1.29 is 27.9 Å². The van der Waals surface area contributed by atoms with Gasteiger partial charge in [-0.15, -0.1) is 0 Å². The van der Waals surface area contributed by atoms with E-state index in [1.54, 1.807) is 0 Å². The summed E-state index contributed by atoms with van der Waals surface area (Å²) in [6.07, 6.45) is 3.29. The predicted octanol–water partition coefficient (Wildman–Crippen LogP) is 2.90. The van der Waals surface area contributed by atoms with Crippen LogP contribution in [0.5, 0.6) is 0 Å². The van der Waals surface area contributed by atoms with Gasteiger partial charge in [-0.25, -0.2) is 4.79 Å². The molecule has 3 fully saturated rings. The molecule has 0 unspecified atom stereocenters. The zero-order valence-electron chi connectivity index (χ0n) is 14.8. The number of likely N-dealkylation sites (N-methyl/N-ethyl adjacent to an activating group) is 1. The van der Waals surface area contributed by atoms with Crippen LogP contribution in [0, 0.1) is 5.92 Å². The first-order chi connectivity index (χ1) is 11.6. The van der Waals surface area contributed by atoms with Crippen molar-refractivity contribution in [2.24, 2.45) is 5.92 Å². The van der Waals surface area contributed by atoms with E-state index in [2.05, 4.69) is 16.7 Å². The Hall–Kier alpha value is -1.31. The number of nitrogens with zero attached hydrogens (tertiary/aromatic N) is 2. The van der Waals surface area contributed by atoms with E-state index in [1.807, 2.05) is 7.05 Å². The Morgan fingerprint density at radius 2 is 1.92 bits per heavy atom. The van der Waals surface area contributed by atoms with Crippen LogP contribution in [0.2, 0.25) is 0 Å². The number of carboxylic acid groups (broad SMARTS) is 1. The summed E-state index contributed by atoms with van der Waals surface area (Å²) in [6, 6.07) is 0.600. The summed E-state index contributed by atoms with van der Waals surface area (Å²) in [4.78, 5) is 25.7. The molecule has 0 aromatic carbocycles. The van der Waals surface area contributed by atoms with Crippen LogP contribution in [0.3, 0.4) is 0 Å². The van der Waals surface area contributed by atoms with Gasteiger partial charge in [0, 0.05) is 26.1 Å². The van der Waals surface area contributed by atoms with Crippen molar-refractivity contribution in [3.05, 3.63) is 0 Å². The molecule has 1 spiro atoms. The highest BCUT2D eigenvalue weighted by Crippen LogP contribution is 2.43. The van der Waals surface area contributed by atoms with Crippen molar-refractivity contribution in [3.8, 4) is 0 Å². The summed E-state index contributed by atoms with van der Waals surface area (Å²) in [5, 5.41) is 7.12. The molecule has 1 N–H and O–H groups in total. The molecule has 2 heterocycles. The second-order valence-electron chi connectivity index (χ2n) is 7.33. The van der Waals surface area contributed by atoms with Crippen molar-refractivity contribution in [2.45, 2.75) is 69.6 Å². The van der Waals surface area contributed by atoms with Crippen LogP contribution >= 0.6 is 0 Å². The Morgan fingerprint density at radius 3 is 2.32 bits per heavy atom. The van der Waals surface area contributed by atoms with Gasteiger partial charge < -0.3 is 10.0 Å². The van der Waals surface area contributed by atoms with Crippen LogP contribution in [-0.4, -0.2) is 64.7 Å². The molecule has 2 saturated heterocycles. The maximum Gasteiger partial charge on any atom is 0.490 e. The highest BCUT2D eigenvalue weighted by atomic mass is 19.4. The van der Waals surface area contributed by atoms with E-state index in [-0.39, 0.29) is 5.54 Å². The van der Waals surface area contributed by atoms with E-state index in [9.17, 15) is 18.0 Å². The van der Waals surface area contributed by atoms with Crippen molar-refractivity contribution >= 4 is 11.9 Å². The standard InChI is InChI=1S/C15H26N2O.C2HF3O2/c1-3-13-15(9-7-14(18)16(15)2)8-4-10-17(13)11-12-5-6-12;3-2(4,5)1(6)7/h12-13H,3-11H2,1-2H3;(H,6,7)/t13-,15-;/m0./s1. The van der Waals surface area contributed by atoms with Crippen LogP contribution in [0.4, 0.5) is 13.2 Å². The third-order valence-corrected chi connectivity index (χ3v) is 5.75. The molecule has 0 aromatic rings. The highest BCUT2D eigenvalue weighted by molar-refractivity contribution is 5.79. The van der Waals surface area contributed by atoms with Crippen molar-refractivity contribution in [2.75, 3.05) is 20.1 Å². The first-order valence-corrected chi connectivity index (χ1v) is 8.92. The van der Waals surface area contributed by atoms with Gasteiger partial charge in [0.2, 0.25) is 5.91 Å². The molecule has 1 saturated carbocycles. The topological polar surface area (TPSA) is 60.9 Å². The Balaban J connectivity index is 0.000000277. The first-order valence-electron chi connectivity index (χ1n) is 8.92. The summed E-state index contributed by atoms with van der Waals surface area (Å²) in [5.41, 5.74) is 0.166. The normalized spacial score (nSPS) is 30.4. The van der Waals surface area contributed by atoms with Crippen LogP contribution in [0.25, 0.3) is 0 Å². The lowest BCUT2D eigenvalue weighted by Gasteiger charge is -2.51. The number of halogens is 3. The number of alkyl halides is 3. The Labute approximate surface area is 146 Å². The number of aliphatic carboxylic acids is 1. The summed E-state index contributed by atoms with van der Waals surface area (Å²) >= 11 is 0. The molecule has 8 heteroatoms. The van der Waals surface area contributed by atoms with E-state index >= 15 is 0 Å². The lowest BCUT2D eigenvalue weighted by molar-refractivity contribution is -0.192. The Kier molecular flexibility index (Phi) is 6.01. The first kappa shape index (κ1) is 20.0. The zero-order valence-corrected chi connectivity index (χ0v) is 14.8. The molecular formula is C17H27F3N2O3. The number of hydrogen-bond acceptors (Lipinski definition) is 3. The van der Waals surface area contributed by atoms with E-state index in [1.165, 1.54) is 45.2 Å². The van der Waals surface area contributed by atoms with Crippen LogP contribution in [0.15, 0.2) is 0 Å². The Bertz CT molecular complexity index is 508. The van der Waals surface area contributed by atoms with Gasteiger partial charge in [-0.05, 0) is 51.0 Å². The number of carbonyl (C=O) groups excluding carboxylic acids is 1. The zero-order chi connectivity index (χ0) is 18.8. The molecule has 0 radical (unpaired) electrons. The number of carbonyl (C=O) groups is 2. The minimum absolute atomic E-state index is 0.166. The highest BCUT2D eigenvalue weighted by Gasteiger charge is 2.51. The second kappa shape index (κ2) is 7.51. The Morgan fingerprint density at radius 1 is 1.32 bits per heavy atom. The summed E-state index contributed by atoms with van der Waals surface area (Å²) in [5.74, 6) is -1.44. The van der Waals surface area contributed by atoms with E-state index in [0.29, 0.717) is 11.9 Å². The van der Waals surface area contributed by atoms with Crippen molar-refractivity contribution in [1.82, 2.24) is 9.80 Å². The summed E-state index contributed by atoms with van der Waals surface area (Å²) in [6.45, 7) is 4.83. The van der Waals surface area contributed by atoms with Gasteiger partial charge in [-0.3, -0.25) is 9.69 Å². The molecule has 144 valence electrons. The van der Waals surface area contributed by atoms with Crippen LogP contribution in [0.1, 0.15) is 51.9 Å². The lowest BCUT2D eigenvalue weighted by atomic mass is 9.77. The maximum absolute atomic E-state index is 12.0. The predicted molar refractivity (Wildman–Crippen MR) is 86.0 cm³/mol. The number of carboxylic acids is 1. The number of rotatable bonds is 3. The van der Waals surface area contributed by atoms with E-state index in [4.69, 9.17) is 9.90 Å². The minimum atomic E-state index is -5.08. The smallest absolute Gasteiger partial charge is 0.475 e. The largest absolute Gasteiger partial charge is 0.490 e. The fraction of sp³-hybridized carbons (Fsp3) is 0.882. The van der Waals surface area contributed by atoms with Crippen molar-refractivity contribution in [1.29, 1.82) is 0 Å². The molecule has 0 aromatic heterocycles. The molecule has 3 aliphatic rings. The van der Waals surface area contributed by atoms with Crippen molar-refractivity contribution in [3.63, 3.8) is 0 Å². The minimum Gasteiger partial charge on any atom is -0.475 e. The number of piperidine rings is 1. The lowest BCUT2D eigenvalue weighted by Crippen LogP contribution is -2.62. The number of likely N-dealkylation sites (tertiary alicyclic amines) is 2. The van der Waals surface area contributed by atoms with Gasteiger partial charge in [-0.2, -0.15) is 13.2 Å². The van der Waals surface area contributed by atoms with Gasteiger partial charge in [0.1, 0.15) is 0 Å². The fourth-order valence-electron chi connectivity index (χ4n) is 4.33. The molecule has 25 heavy (non-hydrogen) atoms. The average molecular weight is 364 g/mol. The molecule has 1 aliphatic carbocycles. The van der Waals surface area contributed by atoms with Crippen LogP contribution in [-0.2, 0) is 9.59 Å². The molecule has 2 aliphatic heterocycles. The molecule has 5 nitrogen and oxygen atoms in total. The average Bonchev–Trinajstić information content (AvgIpc) is 3.31. The van der Waals surface area contributed by atoms with E-state index < -0.39 is 12.1 Å². The molecular weight excluding hydrogens is 337 g/mol. The monoisotopic (exact) mass is 364 g/mol. The van der Waals surface area contributed by atoms with Gasteiger partial charge in [0.15, 0.2) is 0 Å². The molecule has 1 amide bonds. The third-order valence-electron chi connectivity index (χ3n) is 5.75. The maximum atomic E-state index is 12.0. The second-order valence-corrected chi connectivity index (χ2v) is 7.33. The quantitative estimate of drug-likeness (QED) is 0.837. The molecule has 2 atom stereocenters. The molecule has 0 bridgehead atoms. The SMILES string of the molecule is CC[C@@H]1N(CC2CC2)CCC[C@]12CCC(=O)N2C.O=C(O)C(F)(F)F. The number of hydrogen-bond donors (Lipinski definition) is 1. The fourth-order valence-corrected chi connectivity index (χ4v) is 4.33. The van der Waals surface area contributed by atoms with Gasteiger partial charge in [-0.1, -0.05) is 6.92 Å². The van der Waals surface area contributed by atoms with Gasteiger partial charge >= 0.3 is 12.1 Å². The molecule has 3 rings (SSSR count). The summed E-state index contributed by atoms with van der Waals surface area (Å²) < 4.78 is 31.7. The third kappa shape index (κ3) is 4.46. The van der Waals surface area contributed by atoms with Gasteiger partial charge in [0.25, 0.3) is 0 Å². The summed E-state index contributed by atoms with van der Waals surface area (Å²) in [7, 11) is 2.04. The van der Waals surface area contributed by atoms with Gasteiger partial charge in [0.05, 0.1) is 5.54 Å². The number of amides is 1.